The molecule has 0 aliphatic heterocycles. The van der Waals surface area contributed by atoms with Crippen molar-refractivity contribution in [2.45, 2.75) is 19.5 Å². The van der Waals surface area contributed by atoms with Gasteiger partial charge in [0.15, 0.2) is 0 Å². The summed E-state index contributed by atoms with van der Waals surface area (Å²) >= 11 is 0. The molecule has 1 unspecified atom stereocenters. The minimum atomic E-state index is -0.525. The number of hydrogen-bond acceptors (Lipinski definition) is 3. The van der Waals surface area contributed by atoms with Gasteiger partial charge in [0, 0.05) is 30.5 Å². The van der Waals surface area contributed by atoms with E-state index in [4.69, 9.17) is 5.73 Å². The first kappa shape index (κ1) is 13.1. The normalized spacial score (nSPS) is 12.1. The van der Waals surface area contributed by atoms with E-state index >= 15 is 0 Å². The van der Waals surface area contributed by atoms with Crippen molar-refractivity contribution in [3.05, 3.63) is 48.3 Å². The molecule has 6 heteroatoms. The number of nitrogens with zero attached hydrogens (tertiary/aromatic N) is 2. The molecule has 0 aliphatic rings. The molecule has 1 atom stereocenters. The summed E-state index contributed by atoms with van der Waals surface area (Å²) in [5.41, 5.74) is 5.74. The van der Waals surface area contributed by atoms with Gasteiger partial charge in [-0.15, -0.1) is 0 Å². The van der Waals surface area contributed by atoms with E-state index in [0.29, 0.717) is 12.1 Å². The molecule has 0 aliphatic carbocycles. The number of halogens is 1. The highest BCUT2D eigenvalue weighted by Crippen LogP contribution is 2.12. The quantitative estimate of drug-likeness (QED) is 0.818. The van der Waals surface area contributed by atoms with Crippen LogP contribution in [0.1, 0.15) is 17.3 Å². The van der Waals surface area contributed by atoms with Crippen molar-refractivity contribution in [1.82, 2.24) is 14.9 Å². The van der Waals surface area contributed by atoms with E-state index in [1.807, 2.05) is 17.7 Å². The summed E-state index contributed by atoms with van der Waals surface area (Å²) in [6.45, 7) is 2.49. The summed E-state index contributed by atoms with van der Waals surface area (Å²) in [7, 11) is 0. The second-order valence-corrected chi connectivity index (χ2v) is 4.37. The predicted molar refractivity (Wildman–Crippen MR) is 70.0 cm³/mol. The lowest BCUT2D eigenvalue weighted by Gasteiger charge is -2.14. The third-order valence-electron chi connectivity index (χ3n) is 2.68. The van der Waals surface area contributed by atoms with Crippen LogP contribution in [0.5, 0.6) is 0 Å². The van der Waals surface area contributed by atoms with Crippen molar-refractivity contribution >= 4 is 11.6 Å². The number of carbonyl (C=O) groups is 1. The van der Waals surface area contributed by atoms with Gasteiger partial charge < -0.3 is 15.6 Å². The number of hydrogen-bond donors (Lipinski definition) is 2. The number of carbonyl (C=O) groups excluding carboxylic acids is 1. The first-order valence-electron chi connectivity index (χ1n) is 5.88. The molecule has 5 nitrogen and oxygen atoms in total. The Morgan fingerprint density at radius 1 is 1.58 bits per heavy atom. The number of benzene rings is 1. The minimum Gasteiger partial charge on any atom is -0.396 e. The van der Waals surface area contributed by atoms with Gasteiger partial charge in [-0.05, 0) is 25.1 Å². The highest BCUT2D eigenvalue weighted by Gasteiger charge is 2.11. The zero-order valence-electron chi connectivity index (χ0n) is 10.5. The molecule has 3 N–H and O–H groups in total. The van der Waals surface area contributed by atoms with Gasteiger partial charge in [-0.1, -0.05) is 0 Å². The van der Waals surface area contributed by atoms with Gasteiger partial charge in [-0.2, -0.15) is 0 Å². The lowest BCUT2D eigenvalue weighted by Crippen LogP contribution is -2.35. The lowest BCUT2D eigenvalue weighted by molar-refractivity contribution is 0.0936. The Morgan fingerprint density at radius 3 is 3.00 bits per heavy atom. The minimum absolute atomic E-state index is 0.0325. The number of anilines is 1. The van der Waals surface area contributed by atoms with Crippen LogP contribution in [0.4, 0.5) is 10.1 Å². The third kappa shape index (κ3) is 3.31. The van der Waals surface area contributed by atoms with Gasteiger partial charge in [-0.3, -0.25) is 4.79 Å². The summed E-state index contributed by atoms with van der Waals surface area (Å²) in [6.07, 6.45) is 5.17. The Morgan fingerprint density at radius 2 is 2.37 bits per heavy atom. The molecule has 100 valence electrons. The molecule has 0 spiro atoms. The van der Waals surface area contributed by atoms with Crippen LogP contribution in [-0.4, -0.2) is 21.5 Å². The van der Waals surface area contributed by atoms with Crippen LogP contribution in [0.2, 0.25) is 0 Å². The van der Waals surface area contributed by atoms with Gasteiger partial charge in [0.1, 0.15) is 5.82 Å². The number of rotatable bonds is 4. The van der Waals surface area contributed by atoms with Crippen molar-refractivity contribution in [2.75, 3.05) is 5.73 Å². The smallest absolute Gasteiger partial charge is 0.251 e. The van der Waals surface area contributed by atoms with E-state index in [2.05, 4.69) is 10.3 Å². The largest absolute Gasteiger partial charge is 0.396 e. The Bertz CT molecular complexity index is 568. The second kappa shape index (κ2) is 5.51. The Hall–Kier alpha value is -2.37. The lowest BCUT2D eigenvalue weighted by atomic mass is 10.1. The Kier molecular flexibility index (Phi) is 3.79. The van der Waals surface area contributed by atoms with Gasteiger partial charge >= 0.3 is 0 Å². The van der Waals surface area contributed by atoms with E-state index in [1.54, 1.807) is 12.5 Å². The molecule has 0 bridgehead atoms. The first-order valence-corrected chi connectivity index (χ1v) is 5.88. The fraction of sp³-hybridized carbons (Fsp3) is 0.231. The van der Waals surface area contributed by atoms with Crippen molar-refractivity contribution in [1.29, 1.82) is 0 Å². The van der Waals surface area contributed by atoms with Gasteiger partial charge in [0.05, 0.1) is 12.0 Å². The first-order chi connectivity index (χ1) is 9.06. The zero-order chi connectivity index (χ0) is 13.8. The fourth-order valence-corrected chi connectivity index (χ4v) is 1.75. The maximum absolute atomic E-state index is 13.0. The van der Waals surface area contributed by atoms with Crippen molar-refractivity contribution < 1.29 is 9.18 Å². The van der Waals surface area contributed by atoms with Crippen LogP contribution in [-0.2, 0) is 6.54 Å². The molecule has 0 saturated carbocycles. The molecular formula is C13H15FN4O. The van der Waals surface area contributed by atoms with E-state index in [1.165, 1.54) is 18.2 Å². The maximum atomic E-state index is 13.0. The summed E-state index contributed by atoms with van der Waals surface area (Å²) in [5.74, 6) is -0.803. The van der Waals surface area contributed by atoms with Crippen LogP contribution >= 0.6 is 0 Å². The van der Waals surface area contributed by atoms with Crippen LogP contribution in [0.15, 0.2) is 36.9 Å². The van der Waals surface area contributed by atoms with Crippen molar-refractivity contribution in [2.24, 2.45) is 0 Å². The Labute approximate surface area is 110 Å². The second-order valence-electron chi connectivity index (χ2n) is 4.37. The van der Waals surface area contributed by atoms with Gasteiger partial charge in [0.25, 0.3) is 5.91 Å². The van der Waals surface area contributed by atoms with Gasteiger partial charge in [0.2, 0.25) is 0 Å². The number of imidazole rings is 1. The molecule has 1 aromatic carbocycles. The third-order valence-corrected chi connectivity index (χ3v) is 2.68. The van der Waals surface area contributed by atoms with Gasteiger partial charge in [-0.25, -0.2) is 9.37 Å². The molecule has 0 radical (unpaired) electrons. The molecule has 2 rings (SSSR count). The molecule has 1 aromatic heterocycles. The maximum Gasteiger partial charge on any atom is 0.251 e. The van der Waals surface area contributed by atoms with E-state index < -0.39 is 5.82 Å². The number of nitrogen functional groups attached to an aromatic ring is 1. The summed E-state index contributed by atoms with van der Waals surface area (Å²) in [6, 6.07) is 3.85. The summed E-state index contributed by atoms with van der Waals surface area (Å²) in [5, 5.41) is 2.82. The van der Waals surface area contributed by atoms with E-state index in [9.17, 15) is 9.18 Å². The fourth-order valence-electron chi connectivity index (χ4n) is 1.75. The Balaban J connectivity index is 1.98. The van der Waals surface area contributed by atoms with Crippen LogP contribution in [0.3, 0.4) is 0 Å². The monoisotopic (exact) mass is 262 g/mol. The molecule has 1 amide bonds. The molecular weight excluding hydrogens is 247 g/mol. The van der Waals surface area contributed by atoms with E-state index in [-0.39, 0.29) is 17.6 Å². The highest BCUT2D eigenvalue weighted by atomic mass is 19.1. The predicted octanol–water partition coefficient (Wildman–Crippen LogP) is 1.42. The van der Waals surface area contributed by atoms with E-state index in [0.717, 1.165) is 0 Å². The summed E-state index contributed by atoms with van der Waals surface area (Å²) in [4.78, 5) is 15.9. The molecule has 19 heavy (non-hydrogen) atoms. The summed E-state index contributed by atoms with van der Waals surface area (Å²) < 4.78 is 14.9. The van der Waals surface area contributed by atoms with Crippen molar-refractivity contribution in [3.63, 3.8) is 0 Å². The molecule has 2 aromatic rings. The topological polar surface area (TPSA) is 72.9 Å². The molecule has 0 fully saturated rings. The number of nitrogens with two attached hydrogens (primary N) is 1. The average molecular weight is 262 g/mol. The van der Waals surface area contributed by atoms with Crippen LogP contribution < -0.4 is 11.1 Å². The van der Waals surface area contributed by atoms with Crippen molar-refractivity contribution in [3.8, 4) is 0 Å². The van der Waals surface area contributed by atoms with Crippen LogP contribution in [0, 0.1) is 5.82 Å². The number of aromatic nitrogens is 2. The average Bonchev–Trinajstić information content (AvgIpc) is 2.85. The number of nitrogens with one attached hydrogen (secondary N) is 1. The standard InChI is InChI=1S/C13H15FN4O/c1-9(7-18-5-4-16-8-18)17-13(19)10-2-3-11(14)12(15)6-10/h2-6,8-9H,7,15H2,1H3,(H,17,19). The highest BCUT2D eigenvalue weighted by molar-refractivity contribution is 5.95. The zero-order valence-corrected chi connectivity index (χ0v) is 10.5. The molecule has 1 heterocycles. The number of amides is 1. The van der Waals surface area contributed by atoms with Crippen LogP contribution in [0.25, 0.3) is 0 Å². The SMILES string of the molecule is CC(Cn1ccnc1)NC(=O)c1ccc(F)c(N)c1. The molecule has 0 saturated heterocycles.